The smallest absolute Gasteiger partial charge is 0.335 e. The number of urea groups is 1. The van der Waals surface area contributed by atoms with Crippen LogP contribution in [0.15, 0.2) is 16.8 Å². The van der Waals surface area contributed by atoms with Gasteiger partial charge in [0.15, 0.2) is 0 Å². The number of carbonyl (C=O) groups excluding carboxylic acids is 1. The summed E-state index contributed by atoms with van der Waals surface area (Å²) in [4.78, 5) is 13.5. The minimum absolute atomic E-state index is 0.0124. The Labute approximate surface area is 126 Å². The van der Waals surface area contributed by atoms with E-state index < -0.39 is 12.1 Å². The quantitative estimate of drug-likeness (QED) is 0.896. The molecule has 118 valence electrons. The minimum atomic E-state index is -4.16. The van der Waals surface area contributed by atoms with Crippen LogP contribution in [-0.4, -0.2) is 30.2 Å². The van der Waals surface area contributed by atoms with E-state index in [-0.39, 0.29) is 24.9 Å². The second kappa shape index (κ2) is 6.68. The number of hydrogen-bond donors (Lipinski definition) is 1. The normalized spacial score (nSPS) is 22.9. The molecule has 1 saturated carbocycles. The second-order valence-electron chi connectivity index (χ2n) is 5.54. The molecule has 0 saturated heterocycles. The molecule has 2 atom stereocenters. The lowest BCUT2D eigenvalue weighted by Gasteiger charge is -2.32. The summed E-state index contributed by atoms with van der Waals surface area (Å²) < 4.78 is 38.2. The number of rotatable bonds is 3. The van der Waals surface area contributed by atoms with Crippen molar-refractivity contribution in [2.75, 3.05) is 7.05 Å². The van der Waals surface area contributed by atoms with Crippen LogP contribution < -0.4 is 5.32 Å². The van der Waals surface area contributed by atoms with Gasteiger partial charge >= 0.3 is 12.2 Å². The van der Waals surface area contributed by atoms with Crippen molar-refractivity contribution in [2.45, 2.75) is 44.4 Å². The average molecular weight is 320 g/mol. The zero-order valence-electron chi connectivity index (χ0n) is 11.8. The predicted molar refractivity (Wildman–Crippen MR) is 76.1 cm³/mol. The lowest BCUT2D eigenvalue weighted by atomic mass is 9.85. The van der Waals surface area contributed by atoms with Gasteiger partial charge in [-0.3, -0.25) is 0 Å². The van der Waals surface area contributed by atoms with Gasteiger partial charge in [0.25, 0.3) is 0 Å². The molecule has 2 amide bonds. The zero-order valence-corrected chi connectivity index (χ0v) is 12.6. The van der Waals surface area contributed by atoms with Crippen LogP contribution in [-0.2, 0) is 6.54 Å². The van der Waals surface area contributed by atoms with Crippen molar-refractivity contribution < 1.29 is 18.0 Å². The Hall–Kier alpha value is -1.24. The van der Waals surface area contributed by atoms with Crippen LogP contribution in [0, 0.1) is 5.92 Å². The Morgan fingerprint density at radius 3 is 2.86 bits per heavy atom. The van der Waals surface area contributed by atoms with Crippen LogP contribution in [0.5, 0.6) is 0 Å². The van der Waals surface area contributed by atoms with Gasteiger partial charge in [-0.15, -0.1) is 0 Å². The Kier molecular flexibility index (Phi) is 5.13. The number of halogens is 3. The Morgan fingerprint density at radius 2 is 2.24 bits per heavy atom. The van der Waals surface area contributed by atoms with E-state index in [0.717, 1.165) is 5.56 Å². The number of alkyl halides is 3. The summed E-state index contributed by atoms with van der Waals surface area (Å²) in [5.41, 5.74) is 1.02. The molecule has 2 rings (SSSR count). The predicted octanol–water partition coefficient (Wildman–Crippen LogP) is 4.01. The first-order valence-electron chi connectivity index (χ1n) is 6.95. The van der Waals surface area contributed by atoms with Crippen molar-refractivity contribution in [1.29, 1.82) is 0 Å². The number of thiophene rings is 1. The van der Waals surface area contributed by atoms with Gasteiger partial charge in [-0.1, -0.05) is 6.42 Å². The standard InChI is InChI=1S/C14H19F3N2OS/c1-19(8-10-5-6-21-9-10)13(20)18-12-4-2-3-11(7-12)14(15,16)17/h5-6,9,11-12H,2-4,7-8H2,1H3,(H,18,20)/t11-,12-/m0/s1. The molecule has 1 aliphatic rings. The van der Waals surface area contributed by atoms with Crippen LogP contribution in [0.25, 0.3) is 0 Å². The number of amides is 2. The number of nitrogens with zero attached hydrogens (tertiary/aromatic N) is 1. The molecule has 7 heteroatoms. The van der Waals surface area contributed by atoms with Crippen molar-refractivity contribution in [3.63, 3.8) is 0 Å². The van der Waals surface area contributed by atoms with Gasteiger partial charge in [0.2, 0.25) is 0 Å². The molecule has 1 N–H and O–H groups in total. The maximum Gasteiger partial charge on any atom is 0.391 e. The summed E-state index contributed by atoms with van der Waals surface area (Å²) in [6.45, 7) is 0.463. The van der Waals surface area contributed by atoms with Gasteiger partial charge in [-0.2, -0.15) is 24.5 Å². The highest BCUT2D eigenvalue weighted by atomic mass is 32.1. The topological polar surface area (TPSA) is 32.3 Å². The maximum atomic E-state index is 12.7. The van der Waals surface area contributed by atoms with E-state index in [2.05, 4.69) is 5.32 Å². The Morgan fingerprint density at radius 1 is 1.48 bits per heavy atom. The van der Waals surface area contributed by atoms with Crippen LogP contribution in [0.1, 0.15) is 31.2 Å². The van der Waals surface area contributed by atoms with E-state index in [1.54, 1.807) is 18.4 Å². The van der Waals surface area contributed by atoms with Crippen molar-refractivity contribution >= 4 is 17.4 Å². The second-order valence-corrected chi connectivity index (χ2v) is 6.32. The SMILES string of the molecule is CN(Cc1ccsc1)C(=O)N[C@H]1CCC[C@H](C(F)(F)F)C1. The van der Waals surface area contributed by atoms with E-state index in [0.29, 0.717) is 19.4 Å². The summed E-state index contributed by atoms with van der Waals surface area (Å²) in [5, 5.41) is 6.60. The van der Waals surface area contributed by atoms with Crippen LogP contribution in [0.3, 0.4) is 0 Å². The first-order valence-corrected chi connectivity index (χ1v) is 7.90. The average Bonchev–Trinajstić information content (AvgIpc) is 2.91. The minimum Gasteiger partial charge on any atom is -0.335 e. The molecule has 0 radical (unpaired) electrons. The van der Waals surface area contributed by atoms with Gasteiger partial charge in [-0.25, -0.2) is 4.79 Å². The maximum absolute atomic E-state index is 12.7. The monoisotopic (exact) mass is 320 g/mol. The van der Waals surface area contributed by atoms with Gasteiger partial charge < -0.3 is 10.2 Å². The van der Waals surface area contributed by atoms with Gasteiger partial charge in [0, 0.05) is 19.6 Å². The van der Waals surface area contributed by atoms with Gasteiger partial charge in [0.1, 0.15) is 0 Å². The first kappa shape index (κ1) is 16.1. The van der Waals surface area contributed by atoms with E-state index in [1.165, 1.54) is 4.90 Å². The number of carbonyl (C=O) groups is 1. The molecule has 1 aliphatic carbocycles. The Bertz CT molecular complexity index is 461. The summed E-state index contributed by atoms with van der Waals surface area (Å²) in [5.74, 6) is -1.29. The lowest BCUT2D eigenvalue weighted by molar-refractivity contribution is -0.183. The van der Waals surface area contributed by atoms with Gasteiger partial charge in [0.05, 0.1) is 5.92 Å². The molecule has 1 aromatic heterocycles. The molecule has 1 aromatic rings. The van der Waals surface area contributed by atoms with Crippen LogP contribution in [0.4, 0.5) is 18.0 Å². The van der Waals surface area contributed by atoms with Crippen molar-refractivity contribution in [2.24, 2.45) is 5.92 Å². The summed E-state index contributed by atoms with van der Waals surface area (Å²) in [6.07, 6.45) is -2.89. The van der Waals surface area contributed by atoms with Crippen LogP contribution >= 0.6 is 11.3 Å². The fourth-order valence-electron chi connectivity index (χ4n) is 2.63. The molecule has 0 unspecified atom stereocenters. The highest BCUT2D eigenvalue weighted by molar-refractivity contribution is 7.07. The fraction of sp³-hybridized carbons (Fsp3) is 0.643. The molecule has 3 nitrogen and oxygen atoms in total. The van der Waals surface area contributed by atoms with E-state index in [9.17, 15) is 18.0 Å². The molecule has 0 spiro atoms. The zero-order chi connectivity index (χ0) is 15.5. The van der Waals surface area contributed by atoms with Gasteiger partial charge in [-0.05, 0) is 41.7 Å². The molecule has 0 aliphatic heterocycles. The third-order valence-corrected chi connectivity index (χ3v) is 4.54. The summed E-state index contributed by atoms with van der Waals surface area (Å²) >= 11 is 1.55. The van der Waals surface area contributed by atoms with E-state index in [1.807, 2.05) is 16.8 Å². The molecule has 1 fully saturated rings. The lowest BCUT2D eigenvalue weighted by Crippen LogP contribution is -2.46. The van der Waals surface area contributed by atoms with E-state index >= 15 is 0 Å². The van der Waals surface area contributed by atoms with Crippen molar-refractivity contribution in [1.82, 2.24) is 10.2 Å². The number of hydrogen-bond acceptors (Lipinski definition) is 2. The molecule has 21 heavy (non-hydrogen) atoms. The number of nitrogens with one attached hydrogen (secondary N) is 1. The highest BCUT2D eigenvalue weighted by Crippen LogP contribution is 2.37. The van der Waals surface area contributed by atoms with Crippen molar-refractivity contribution in [3.8, 4) is 0 Å². The third-order valence-electron chi connectivity index (χ3n) is 3.81. The molecular formula is C14H19F3N2OS. The molecule has 1 heterocycles. The van der Waals surface area contributed by atoms with Crippen molar-refractivity contribution in [3.05, 3.63) is 22.4 Å². The third kappa shape index (κ3) is 4.62. The first-order chi connectivity index (χ1) is 9.86. The largest absolute Gasteiger partial charge is 0.391 e. The fourth-order valence-corrected chi connectivity index (χ4v) is 3.29. The summed E-state index contributed by atoms with van der Waals surface area (Å²) in [6, 6.07) is 1.23. The molecule has 0 bridgehead atoms. The molecular weight excluding hydrogens is 301 g/mol. The Balaban J connectivity index is 1.84. The summed E-state index contributed by atoms with van der Waals surface area (Å²) in [7, 11) is 1.65. The van der Waals surface area contributed by atoms with Crippen LogP contribution in [0.2, 0.25) is 0 Å². The molecule has 0 aromatic carbocycles. The highest BCUT2D eigenvalue weighted by Gasteiger charge is 2.42. The van der Waals surface area contributed by atoms with E-state index in [4.69, 9.17) is 0 Å².